The Morgan fingerprint density at radius 1 is 1.21 bits per heavy atom. The van der Waals surface area contributed by atoms with Crippen molar-refractivity contribution in [2.24, 2.45) is 0 Å². The summed E-state index contributed by atoms with van der Waals surface area (Å²) >= 11 is 0. The van der Waals surface area contributed by atoms with Crippen molar-refractivity contribution >= 4 is 17.5 Å². The van der Waals surface area contributed by atoms with Gasteiger partial charge < -0.3 is 19.5 Å². The minimum Gasteiger partial charge on any atom is -0.489 e. The summed E-state index contributed by atoms with van der Waals surface area (Å²) < 4.78 is 7.57. The Labute approximate surface area is 168 Å². The van der Waals surface area contributed by atoms with Crippen molar-refractivity contribution in [1.82, 2.24) is 14.9 Å². The average molecular weight is 390 g/mol. The summed E-state index contributed by atoms with van der Waals surface area (Å²) in [5.74, 6) is -0.0289. The molecule has 2 heterocycles. The number of aromatic nitrogens is 2. The van der Waals surface area contributed by atoms with Crippen LogP contribution in [0.5, 0.6) is 5.75 Å². The fraction of sp³-hybridized carbons (Fsp3) is 0.227. The van der Waals surface area contributed by atoms with Crippen LogP contribution in [0.1, 0.15) is 21.6 Å². The lowest BCUT2D eigenvalue weighted by molar-refractivity contribution is -0.120. The summed E-state index contributed by atoms with van der Waals surface area (Å²) in [6, 6.07) is 14.7. The van der Waals surface area contributed by atoms with E-state index in [9.17, 15) is 9.59 Å². The molecule has 29 heavy (non-hydrogen) atoms. The number of rotatable bonds is 4. The van der Waals surface area contributed by atoms with E-state index in [1.54, 1.807) is 25.6 Å². The van der Waals surface area contributed by atoms with Crippen LogP contribution in [0.25, 0.3) is 0 Å². The van der Waals surface area contributed by atoms with E-state index < -0.39 is 11.9 Å². The number of carbonyl (C=O) groups excluding carboxylic acids is 2. The molecule has 1 N–H and O–H groups in total. The molecule has 3 aromatic rings. The van der Waals surface area contributed by atoms with Crippen LogP contribution in [0, 0.1) is 6.92 Å². The third-order valence-electron chi connectivity index (χ3n) is 4.92. The maximum Gasteiger partial charge on any atom is 0.272 e. The van der Waals surface area contributed by atoms with Crippen LogP contribution in [-0.4, -0.2) is 41.1 Å². The monoisotopic (exact) mass is 390 g/mol. The number of nitrogens with one attached hydrogen (secondary N) is 1. The first-order chi connectivity index (χ1) is 14.0. The van der Waals surface area contributed by atoms with Gasteiger partial charge in [-0.05, 0) is 24.6 Å². The number of benzene rings is 2. The fourth-order valence-electron chi connectivity index (χ4n) is 3.26. The molecule has 148 valence electrons. The van der Waals surface area contributed by atoms with Gasteiger partial charge in [-0.15, -0.1) is 0 Å². The fourth-order valence-corrected chi connectivity index (χ4v) is 3.26. The first-order valence-corrected chi connectivity index (χ1v) is 9.39. The first kappa shape index (κ1) is 18.7. The molecule has 4 rings (SSSR count). The lowest BCUT2D eigenvalue weighted by Gasteiger charge is -2.20. The molecule has 0 radical (unpaired) electrons. The minimum atomic E-state index is -0.790. The number of fused-ring (bicyclic) bond motifs is 1. The topological polar surface area (TPSA) is 76.5 Å². The van der Waals surface area contributed by atoms with Crippen LogP contribution in [-0.2, 0) is 11.3 Å². The molecule has 0 unspecified atom stereocenters. The number of ether oxygens (including phenoxy) is 1. The van der Waals surface area contributed by atoms with Crippen molar-refractivity contribution < 1.29 is 14.3 Å². The lowest BCUT2D eigenvalue weighted by atomic mass is 10.1. The van der Waals surface area contributed by atoms with E-state index >= 15 is 0 Å². The molecular formula is C22H22N4O3. The van der Waals surface area contributed by atoms with E-state index in [2.05, 4.69) is 10.3 Å². The Morgan fingerprint density at radius 3 is 2.76 bits per heavy atom. The second kappa shape index (κ2) is 7.79. The number of likely N-dealkylation sites (N-methyl/N-ethyl adjacent to an activating group) is 1. The Kier molecular flexibility index (Phi) is 5.03. The Hall–Kier alpha value is -3.61. The first-order valence-electron chi connectivity index (χ1n) is 9.39. The maximum atomic E-state index is 12.8. The molecule has 0 saturated heterocycles. The van der Waals surface area contributed by atoms with Gasteiger partial charge in [0, 0.05) is 19.8 Å². The normalized spacial score (nSPS) is 16.0. The maximum absolute atomic E-state index is 12.8. The molecule has 7 heteroatoms. The number of imidazole rings is 1. The van der Waals surface area contributed by atoms with Gasteiger partial charge in [0.25, 0.3) is 11.8 Å². The molecule has 1 aromatic heterocycles. The van der Waals surface area contributed by atoms with Crippen LogP contribution >= 0.6 is 0 Å². The molecule has 1 aliphatic rings. The summed E-state index contributed by atoms with van der Waals surface area (Å²) in [7, 11) is 1.67. The van der Waals surface area contributed by atoms with E-state index in [1.807, 2.05) is 54.0 Å². The highest BCUT2D eigenvalue weighted by atomic mass is 16.5. The van der Waals surface area contributed by atoms with Gasteiger partial charge in [-0.25, -0.2) is 4.98 Å². The lowest BCUT2D eigenvalue weighted by Crippen LogP contribution is -2.49. The van der Waals surface area contributed by atoms with E-state index in [0.29, 0.717) is 18.0 Å². The minimum absolute atomic E-state index is 0.0655. The predicted molar refractivity (Wildman–Crippen MR) is 109 cm³/mol. The molecule has 2 aromatic carbocycles. The number of carbonyl (C=O) groups is 2. The van der Waals surface area contributed by atoms with E-state index in [0.717, 1.165) is 5.56 Å². The number of para-hydroxylation sites is 2. The second-order valence-electron chi connectivity index (χ2n) is 7.12. The molecule has 7 nitrogen and oxygen atoms in total. The van der Waals surface area contributed by atoms with Crippen molar-refractivity contribution in [3.8, 4) is 5.75 Å². The summed E-state index contributed by atoms with van der Waals surface area (Å²) in [6.07, 6.45) is 3.29. The summed E-state index contributed by atoms with van der Waals surface area (Å²) in [6.45, 7) is 2.72. The van der Waals surface area contributed by atoms with Gasteiger partial charge in [0.15, 0.2) is 0 Å². The third kappa shape index (κ3) is 3.99. The van der Waals surface area contributed by atoms with Gasteiger partial charge in [0.1, 0.15) is 24.1 Å². The van der Waals surface area contributed by atoms with Gasteiger partial charge in [-0.2, -0.15) is 0 Å². The molecule has 0 fully saturated rings. The Balaban J connectivity index is 1.44. The SMILES string of the molecule is Cc1ccc(Cn2cnc(C(=O)N[C@@H]3COc4ccccc4N(C)C3=O)c2)cc1. The van der Waals surface area contributed by atoms with Crippen molar-refractivity contribution in [2.45, 2.75) is 19.5 Å². The highest BCUT2D eigenvalue weighted by molar-refractivity contribution is 6.02. The third-order valence-corrected chi connectivity index (χ3v) is 4.92. The second-order valence-corrected chi connectivity index (χ2v) is 7.12. The number of amides is 2. The predicted octanol–water partition coefficient (Wildman–Crippen LogP) is 2.39. The van der Waals surface area contributed by atoms with Crippen LogP contribution in [0.2, 0.25) is 0 Å². The van der Waals surface area contributed by atoms with E-state index in [4.69, 9.17) is 4.74 Å². The standard InChI is InChI=1S/C22H22N4O3/c1-15-7-9-16(10-8-15)11-26-12-17(23-14-26)21(27)24-18-13-29-20-6-4-3-5-19(20)25(2)22(18)28/h3-10,12,14,18H,11,13H2,1-2H3,(H,24,27)/t18-/m1/s1. The van der Waals surface area contributed by atoms with Gasteiger partial charge >= 0.3 is 0 Å². The van der Waals surface area contributed by atoms with Gasteiger partial charge in [0.05, 0.1) is 12.0 Å². The van der Waals surface area contributed by atoms with Gasteiger partial charge in [-0.3, -0.25) is 9.59 Å². The zero-order valence-electron chi connectivity index (χ0n) is 16.3. The number of hydrogen-bond acceptors (Lipinski definition) is 4. The van der Waals surface area contributed by atoms with Crippen molar-refractivity contribution in [2.75, 3.05) is 18.6 Å². The van der Waals surface area contributed by atoms with Crippen molar-refractivity contribution in [3.05, 3.63) is 77.9 Å². The van der Waals surface area contributed by atoms with Crippen LogP contribution < -0.4 is 15.0 Å². The summed E-state index contributed by atoms with van der Waals surface area (Å²) in [5.41, 5.74) is 3.25. The molecule has 0 bridgehead atoms. The van der Waals surface area contributed by atoms with Crippen LogP contribution in [0.4, 0.5) is 5.69 Å². The number of nitrogens with zero attached hydrogens (tertiary/aromatic N) is 3. The Bertz CT molecular complexity index is 1040. The summed E-state index contributed by atoms with van der Waals surface area (Å²) in [4.78, 5) is 31.1. The molecule has 0 aliphatic carbocycles. The molecule has 0 spiro atoms. The molecule has 2 amide bonds. The molecular weight excluding hydrogens is 368 g/mol. The molecule has 1 aliphatic heterocycles. The van der Waals surface area contributed by atoms with Crippen LogP contribution in [0.15, 0.2) is 61.1 Å². The zero-order chi connectivity index (χ0) is 20.4. The van der Waals surface area contributed by atoms with Gasteiger partial charge in [-0.1, -0.05) is 42.0 Å². The highest BCUT2D eigenvalue weighted by Crippen LogP contribution is 2.29. The van der Waals surface area contributed by atoms with E-state index in [-0.39, 0.29) is 18.2 Å². The molecule has 1 atom stereocenters. The number of hydrogen-bond donors (Lipinski definition) is 1. The van der Waals surface area contributed by atoms with Crippen molar-refractivity contribution in [1.29, 1.82) is 0 Å². The number of anilines is 1. The highest BCUT2D eigenvalue weighted by Gasteiger charge is 2.30. The van der Waals surface area contributed by atoms with E-state index in [1.165, 1.54) is 10.5 Å². The van der Waals surface area contributed by atoms with Gasteiger partial charge in [0.2, 0.25) is 0 Å². The van der Waals surface area contributed by atoms with Crippen LogP contribution in [0.3, 0.4) is 0 Å². The average Bonchev–Trinajstić information content (AvgIpc) is 3.16. The largest absolute Gasteiger partial charge is 0.489 e. The smallest absolute Gasteiger partial charge is 0.272 e. The Morgan fingerprint density at radius 2 is 1.97 bits per heavy atom. The zero-order valence-corrected chi connectivity index (χ0v) is 16.3. The number of aryl methyl sites for hydroxylation is 1. The quantitative estimate of drug-likeness (QED) is 0.742. The van der Waals surface area contributed by atoms with Crippen molar-refractivity contribution in [3.63, 3.8) is 0 Å². The summed E-state index contributed by atoms with van der Waals surface area (Å²) in [5, 5.41) is 2.74. The molecule has 0 saturated carbocycles.